The largest absolute Gasteiger partial charge is 0.340 e. The third-order valence-electron chi connectivity index (χ3n) is 3.49. The molecule has 1 unspecified atom stereocenters. The second-order valence-corrected chi connectivity index (χ2v) is 6.99. The van der Waals surface area contributed by atoms with Gasteiger partial charge in [-0.15, -0.1) is 0 Å². The van der Waals surface area contributed by atoms with Crippen LogP contribution in [-0.4, -0.2) is 47.9 Å². The maximum absolute atomic E-state index is 12.8. The van der Waals surface area contributed by atoms with Crippen molar-refractivity contribution in [1.29, 1.82) is 0 Å². The van der Waals surface area contributed by atoms with E-state index in [9.17, 15) is 9.59 Å². The van der Waals surface area contributed by atoms with E-state index in [1.165, 1.54) is 0 Å². The van der Waals surface area contributed by atoms with Crippen LogP contribution in [0, 0.1) is 0 Å². The number of hydrogen-bond donors (Lipinski definition) is 1. The van der Waals surface area contributed by atoms with Gasteiger partial charge in [-0.05, 0) is 44.4 Å². The van der Waals surface area contributed by atoms with Gasteiger partial charge >= 0.3 is 0 Å². The summed E-state index contributed by atoms with van der Waals surface area (Å²) in [5, 5.41) is 3.21. The van der Waals surface area contributed by atoms with Crippen molar-refractivity contribution in [1.82, 2.24) is 10.2 Å². The number of thioether (sulfide) groups is 1. The highest BCUT2D eigenvalue weighted by Crippen LogP contribution is 2.15. The van der Waals surface area contributed by atoms with E-state index in [0.29, 0.717) is 30.1 Å². The predicted octanol–water partition coefficient (Wildman–Crippen LogP) is 3.62. The summed E-state index contributed by atoms with van der Waals surface area (Å²) in [6.45, 7) is 8.73. The normalized spacial score (nSPS) is 11.7. The van der Waals surface area contributed by atoms with Gasteiger partial charge in [0.1, 0.15) is 6.04 Å². The molecule has 0 aliphatic rings. The summed E-state index contributed by atoms with van der Waals surface area (Å²) in [6.07, 6.45) is 2.55. The lowest BCUT2D eigenvalue weighted by Gasteiger charge is -2.27. The zero-order valence-corrected chi connectivity index (χ0v) is 16.0. The lowest BCUT2D eigenvalue weighted by molar-refractivity contribution is -0.132. The average molecular weight is 369 g/mol. The third kappa shape index (κ3) is 6.21. The van der Waals surface area contributed by atoms with Gasteiger partial charge in [-0.2, -0.15) is 11.8 Å². The molecule has 0 aromatic heterocycles. The molecule has 24 heavy (non-hydrogen) atoms. The summed E-state index contributed by atoms with van der Waals surface area (Å²) in [4.78, 5) is 27.0. The minimum atomic E-state index is -0.569. The lowest BCUT2D eigenvalue weighted by Crippen LogP contribution is -2.49. The number of halogens is 1. The van der Waals surface area contributed by atoms with Gasteiger partial charge in [0.2, 0.25) is 5.91 Å². The molecule has 1 N–H and O–H groups in total. The van der Waals surface area contributed by atoms with Gasteiger partial charge in [0.05, 0.1) is 10.6 Å². The highest BCUT2D eigenvalue weighted by atomic mass is 35.5. The average Bonchev–Trinajstić information content (AvgIpc) is 2.55. The van der Waals surface area contributed by atoms with Crippen LogP contribution in [0.5, 0.6) is 0 Å². The first-order valence-electron chi connectivity index (χ1n) is 7.88. The number of hydrogen-bond acceptors (Lipinski definition) is 3. The van der Waals surface area contributed by atoms with Gasteiger partial charge in [-0.1, -0.05) is 35.9 Å². The van der Waals surface area contributed by atoms with Crippen LogP contribution in [0.2, 0.25) is 5.02 Å². The Morgan fingerprint density at radius 1 is 1.38 bits per heavy atom. The maximum Gasteiger partial charge on any atom is 0.253 e. The van der Waals surface area contributed by atoms with Gasteiger partial charge in [-0.25, -0.2) is 0 Å². The van der Waals surface area contributed by atoms with Crippen molar-refractivity contribution in [2.24, 2.45) is 0 Å². The summed E-state index contributed by atoms with van der Waals surface area (Å²) in [6, 6.07) is 6.26. The molecule has 0 aliphatic carbocycles. The summed E-state index contributed by atoms with van der Waals surface area (Å²) in [7, 11) is 0. The second kappa shape index (κ2) is 10.4. The summed E-state index contributed by atoms with van der Waals surface area (Å²) >= 11 is 7.71. The molecule has 0 bridgehead atoms. The smallest absolute Gasteiger partial charge is 0.253 e. The number of carbonyl (C=O) groups excluding carboxylic acids is 2. The Kier molecular flexibility index (Phi) is 8.93. The molecule has 0 fully saturated rings. The Labute approximate surface area is 153 Å². The first-order chi connectivity index (χ1) is 11.4. The fraction of sp³-hybridized carbons (Fsp3) is 0.444. The number of nitrogens with zero attached hydrogens (tertiary/aromatic N) is 1. The minimum Gasteiger partial charge on any atom is -0.340 e. The van der Waals surface area contributed by atoms with Crippen LogP contribution in [0.25, 0.3) is 0 Å². The number of rotatable bonds is 9. The Balaban J connectivity index is 2.91. The molecule has 0 heterocycles. The van der Waals surface area contributed by atoms with Crippen LogP contribution >= 0.6 is 23.4 Å². The first-order valence-corrected chi connectivity index (χ1v) is 9.65. The monoisotopic (exact) mass is 368 g/mol. The van der Waals surface area contributed by atoms with E-state index in [4.69, 9.17) is 11.6 Å². The van der Waals surface area contributed by atoms with Crippen LogP contribution < -0.4 is 5.32 Å². The number of nitrogens with one attached hydrogen (secondary N) is 1. The third-order valence-corrected chi connectivity index (χ3v) is 4.46. The quantitative estimate of drug-likeness (QED) is 0.677. The zero-order valence-electron chi connectivity index (χ0n) is 14.5. The standard InChI is InChI=1S/C18H25ClN2O2S/c1-5-21(12-13(2)3)18(23)16(10-11-24-4)20-17(22)14-8-6-7-9-15(14)19/h6-9,16H,2,5,10-12H2,1,3-4H3,(H,20,22). The molecule has 1 aromatic carbocycles. The van der Waals surface area contributed by atoms with Gasteiger partial charge < -0.3 is 10.2 Å². The molecule has 1 aromatic rings. The van der Waals surface area contributed by atoms with Gasteiger partial charge in [0, 0.05) is 13.1 Å². The number of likely N-dealkylation sites (N-methyl/N-ethyl adjacent to an activating group) is 1. The van der Waals surface area contributed by atoms with Crippen molar-refractivity contribution < 1.29 is 9.59 Å². The van der Waals surface area contributed by atoms with Crippen molar-refractivity contribution in [3.63, 3.8) is 0 Å². The molecule has 0 saturated carbocycles. The number of amides is 2. The van der Waals surface area contributed by atoms with E-state index in [1.807, 2.05) is 20.1 Å². The highest BCUT2D eigenvalue weighted by Gasteiger charge is 2.25. The Morgan fingerprint density at radius 2 is 2.04 bits per heavy atom. The van der Waals surface area contributed by atoms with E-state index < -0.39 is 6.04 Å². The minimum absolute atomic E-state index is 0.0880. The molecular weight excluding hydrogens is 344 g/mol. The molecule has 132 valence electrons. The summed E-state index contributed by atoms with van der Waals surface area (Å²) in [5.41, 5.74) is 1.29. The Bertz CT molecular complexity index is 592. The topological polar surface area (TPSA) is 49.4 Å². The molecule has 1 atom stereocenters. The Hall–Kier alpha value is -1.46. The first kappa shape index (κ1) is 20.6. The van der Waals surface area contributed by atoms with Crippen LogP contribution in [0.4, 0.5) is 0 Å². The molecule has 4 nitrogen and oxygen atoms in total. The molecule has 0 aliphatic heterocycles. The zero-order chi connectivity index (χ0) is 18.1. The van der Waals surface area contributed by atoms with Crippen LogP contribution in [0.15, 0.2) is 36.4 Å². The fourth-order valence-electron chi connectivity index (χ4n) is 2.27. The van der Waals surface area contributed by atoms with Crippen molar-refractivity contribution >= 4 is 35.2 Å². The van der Waals surface area contributed by atoms with E-state index in [1.54, 1.807) is 40.9 Å². The number of carbonyl (C=O) groups is 2. The van der Waals surface area contributed by atoms with E-state index >= 15 is 0 Å². The fourth-order valence-corrected chi connectivity index (χ4v) is 2.96. The van der Waals surface area contributed by atoms with Gasteiger partial charge in [0.25, 0.3) is 5.91 Å². The van der Waals surface area contributed by atoms with Gasteiger partial charge in [-0.3, -0.25) is 9.59 Å². The molecule has 0 radical (unpaired) electrons. The maximum atomic E-state index is 12.8. The van der Waals surface area contributed by atoms with Crippen molar-refractivity contribution in [2.75, 3.05) is 25.1 Å². The van der Waals surface area contributed by atoms with E-state index in [0.717, 1.165) is 11.3 Å². The second-order valence-electron chi connectivity index (χ2n) is 5.60. The molecular formula is C18H25ClN2O2S. The van der Waals surface area contributed by atoms with Crippen LogP contribution in [0.3, 0.4) is 0 Å². The van der Waals surface area contributed by atoms with Crippen molar-refractivity contribution in [2.45, 2.75) is 26.3 Å². The van der Waals surface area contributed by atoms with Gasteiger partial charge in [0.15, 0.2) is 0 Å². The summed E-state index contributed by atoms with van der Waals surface area (Å²) < 4.78 is 0. The SMILES string of the molecule is C=C(C)CN(CC)C(=O)C(CCSC)NC(=O)c1ccccc1Cl. The molecule has 0 spiro atoms. The summed E-state index contributed by atoms with van der Waals surface area (Å²) in [5.74, 6) is 0.366. The molecule has 0 saturated heterocycles. The highest BCUT2D eigenvalue weighted by molar-refractivity contribution is 7.98. The Morgan fingerprint density at radius 3 is 2.58 bits per heavy atom. The van der Waals surface area contributed by atoms with Crippen molar-refractivity contribution in [3.8, 4) is 0 Å². The predicted molar refractivity (Wildman–Crippen MR) is 103 cm³/mol. The van der Waals surface area contributed by atoms with E-state index in [2.05, 4.69) is 11.9 Å². The van der Waals surface area contributed by atoms with Crippen molar-refractivity contribution in [3.05, 3.63) is 47.0 Å². The molecule has 6 heteroatoms. The van der Waals surface area contributed by atoms with Crippen LogP contribution in [0.1, 0.15) is 30.6 Å². The van der Waals surface area contributed by atoms with E-state index in [-0.39, 0.29) is 11.8 Å². The molecule has 1 rings (SSSR count). The lowest BCUT2D eigenvalue weighted by atomic mass is 10.1. The number of benzene rings is 1. The molecule has 2 amide bonds. The van der Waals surface area contributed by atoms with Crippen LogP contribution in [-0.2, 0) is 4.79 Å².